The number of aliphatic carboxylic acids is 3. The number of benzene rings is 7. The van der Waals surface area contributed by atoms with E-state index in [9.17, 15) is 19.2 Å². The Morgan fingerprint density at radius 3 is 1.36 bits per heavy atom. The highest BCUT2D eigenvalue weighted by atomic mass is 16.7. The second-order valence-corrected chi connectivity index (χ2v) is 23.5. The first-order chi connectivity index (χ1) is 47.2. The van der Waals surface area contributed by atoms with Crippen molar-refractivity contribution in [2.45, 2.75) is 117 Å². The second-order valence-electron chi connectivity index (χ2n) is 23.5. The minimum absolute atomic E-state index is 0.0222. The number of unbranched alkanes of at least 4 members (excludes halogenated alkanes) is 5. The fourth-order valence-corrected chi connectivity index (χ4v) is 11.1. The molecule has 0 spiro atoms. The number of ether oxygens (including phenoxy) is 2. The average molecular weight is 1310 g/mol. The van der Waals surface area contributed by atoms with E-state index in [-0.39, 0.29) is 5.91 Å². The van der Waals surface area contributed by atoms with Crippen molar-refractivity contribution in [2.24, 2.45) is 0 Å². The summed E-state index contributed by atoms with van der Waals surface area (Å²) in [5.74, 6) is -1.15. The minimum atomic E-state index is -0.894. The number of carboxylic acid groups (broad SMARTS) is 3. The maximum absolute atomic E-state index is 12.3. The number of nitrogens with two attached hydrogens (primary N) is 2. The number of allylic oxidation sites excluding steroid dienone is 9. The Morgan fingerprint density at radius 1 is 0.443 bits per heavy atom. The van der Waals surface area contributed by atoms with E-state index in [1.807, 2.05) is 72.8 Å². The van der Waals surface area contributed by atoms with Crippen LogP contribution in [0.1, 0.15) is 135 Å². The first-order valence-corrected chi connectivity index (χ1v) is 33.8. The summed E-state index contributed by atoms with van der Waals surface area (Å²) in [6, 6.07) is 58.7. The molecule has 13 heteroatoms. The van der Waals surface area contributed by atoms with Crippen molar-refractivity contribution in [1.82, 2.24) is 10.6 Å². The number of rotatable bonds is 19. The van der Waals surface area contributed by atoms with Crippen LogP contribution < -0.4 is 31.6 Å². The maximum Gasteiger partial charge on any atom is 0.328 e. The largest absolute Gasteiger partial charge is 0.478 e. The third-order valence-corrected chi connectivity index (χ3v) is 16.1. The molecule has 0 unspecified atom stereocenters. The van der Waals surface area contributed by atoms with E-state index >= 15 is 0 Å². The molecule has 5 aliphatic rings. The number of nitrogen functional groups attached to an aromatic ring is 2. The van der Waals surface area contributed by atoms with Gasteiger partial charge in [-0.3, -0.25) is 4.79 Å². The Bertz CT molecular complexity index is 3670. The van der Waals surface area contributed by atoms with E-state index in [2.05, 4.69) is 141 Å². The third kappa shape index (κ3) is 28.9. The van der Waals surface area contributed by atoms with E-state index in [0.717, 1.165) is 118 Å². The Morgan fingerprint density at radius 2 is 0.887 bits per heavy atom. The molecule has 0 saturated heterocycles. The topological polar surface area (TPSA) is 224 Å². The van der Waals surface area contributed by atoms with E-state index in [4.69, 9.17) is 36.3 Å². The van der Waals surface area contributed by atoms with Crippen molar-refractivity contribution in [3.8, 4) is 11.5 Å². The zero-order valence-electron chi connectivity index (χ0n) is 56.5. The third-order valence-electron chi connectivity index (χ3n) is 16.1. The molecule has 97 heavy (non-hydrogen) atoms. The van der Waals surface area contributed by atoms with Crippen LogP contribution in [0.4, 0.5) is 11.4 Å². The lowest BCUT2D eigenvalue weighted by atomic mass is 9.82. The molecule has 0 bridgehead atoms. The standard InChI is InChI=1S/C28H35NO.3C13H12O2.C7H7NO2.C6H7N.C4H11N/c1-2-3-4-5-6-12-21-29-28(30)20-19-25-18-17-24-15-10-11-16-26(24)27(25)22-23-13-8-7-9-14-23;3*14-13(15)8-6-10-5-7-11-3-1-2-4-12(11)9-10;8-5-1-2-6-7(3-5)10-4-9-6;7-6-4-2-1-3-5-6;1-3-5-4-2/h7-11,13-16,19-20H,2-6,12,17-18,21-22H2,1H3,(H,29,30);3*1-4,6,8-9H,5,7H2,(H,14,15);1-3H,4,8H2;1-5H,7H2;5H,3-4H2,1-2H3. The minimum Gasteiger partial charge on any atom is -0.478 e. The van der Waals surface area contributed by atoms with Crippen molar-refractivity contribution in [3.05, 3.63) is 297 Å². The maximum atomic E-state index is 12.3. The summed E-state index contributed by atoms with van der Waals surface area (Å²) in [5, 5.41) is 31.7. The van der Waals surface area contributed by atoms with Gasteiger partial charge in [-0.05, 0) is 179 Å². The molecule has 4 aliphatic carbocycles. The van der Waals surface area contributed by atoms with Gasteiger partial charge >= 0.3 is 17.9 Å². The van der Waals surface area contributed by atoms with Crippen LogP contribution in [0.3, 0.4) is 0 Å². The number of hydrogen-bond acceptors (Lipinski definition) is 9. The molecule has 0 atom stereocenters. The normalized spacial score (nSPS) is 13.5. The van der Waals surface area contributed by atoms with Crippen molar-refractivity contribution >= 4 is 59.0 Å². The first kappa shape index (κ1) is 75.5. The Balaban J connectivity index is 0.000000191. The van der Waals surface area contributed by atoms with Gasteiger partial charge in [0.15, 0.2) is 11.5 Å². The number of anilines is 2. The molecule has 7 aromatic rings. The highest BCUT2D eigenvalue weighted by Crippen LogP contribution is 2.35. The van der Waals surface area contributed by atoms with Crippen LogP contribution in [-0.4, -0.2) is 65.6 Å². The number of carbonyl (C=O) groups is 4. The lowest BCUT2D eigenvalue weighted by molar-refractivity contribution is -0.132. The Kier molecular flexibility index (Phi) is 33.9. The number of hydrogen-bond donors (Lipinski definition) is 7. The number of amides is 1. The lowest BCUT2D eigenvalue weighted by Crippen LogP contribution is -2.22. The van der Waals surface area contributed by atoms with Gasteiger partial charge in [-0.2, -0.15) is 0 Å². The zero-order chi connectivity index (χ0) is 69.2. The van der Waals surface area contributed by atoms with E-state index in [1.54, 1.807) is 42.5 Å². The summed E-state index contributed by atoms with van der Waals surface area (Å²) in [4.78, 5) is 43.4. The molecule has 7 aromatic carbocycles. The molecule has 1 aliphatic heterocycles. The predicted molar refractivity (Wildman–Crippen MR) is 398 cm³/mol. The number of carbonyl (C=O) groups excluding carboxylic acids is 1. The van der Waals surface area contributed by atoms with Gasteiger partial charge < -0.3 is 46.9 Å². The van der Waals surface area contributed by atoms with Crippen molar-refractivity contribution in [3.63, 3.8) is 0 Å². The van der Waals surface area contributed by atoms with Gasteiger partial charge in [-0.1, -0.05) is 241 Å². The number of fused-ring (bicyclic) bond motifs is 5. The average Bonchev–Trinajstić information content (AvgIpc) is 1.19. The van der Waals surface area contributed by atoms with Gasteiger partial charge in [0.25, 0.3) is 0 Å². The fourth-order valence-electron chi connectivity index (χ4n) is 11.1. The molecule has 12 rings (SSSR count). The molecule has 0 aromatic heterocycles. The predicted octanol–water partition coefficient (Wildman–Crippen LogP) is 17.5. The van der Waals surface area contributed by atoms with E-state index < -0.39 is 17.9 Å². The Hall–Kier alpha value is -10.5. The van der Waals surface area contributed by atoms with Gasteiger partial charge in [-0.25, -0.2) is 14.4 Å². The number of para-hydroxylation sites is 1. The van der Waals surface area contributed by atoms with Gasteiger partial charge in [0.2, 0.25) is 12.7 Å². The molecule has 0 saturated carbocycles. The van der Waals surface area contributed by atoms with Crippen LogP contribution in [0.15, 0.2) is 247 Å². The van der Waals surface area contributed by atoms with Crippen molar-refractivity contribution < 1.29 is 44.0 Å². The van der Waals surface area contributed by atoms with Crippen molar-refractivity contribution in [2.75, 3.05) is 37.9 Å². The summed E-state index contributed by atoms with van der Waals surface area (Å²) in [6.07, 6.45) is 34.6. The van der Waals surface area contributed by atoms with Crippen LogP contribution in [0.25, 0.3) is 23.8 Å². The van der Waals surface area contributed by atoms with Crippen molar-refractivity contribution in [1.29, 1.82) is 0 Å². The van der Waals surface area contributed by atoms with Gasteiger partial charge in [0.1, 0.15) is 0 Å². The van der Waals surface area contributed by atoms with Crippen LogP contribution in [0.5, 0.6) is 11.5 Å². The fraction of sp³-hybridized carbons (Fsp3) is 0.262. The van der Waals surface area contributed by atoms with Gasteiger partial charge in [-0.15, -0.1) is 0 Å². The van der Waals surface area contributed by atoms with Crippen LogP contribution >= 0.6 is 0 Å². The van der Waals surface area contributed by atoms with Gasteiger partial charge in [0.05, 0.1) is 0 Å². The van der Waals surface area contributed by atoms with E-state index in [1.165, 1.54) is 112 Å². The number of carboxylic acids is 3. The summed E-state index contributed by atoms with van der Waals surface area (Å²) < 4.78 is 10.2. The molecule has 0 fully saturated rings. The zero-order valence-corrected chi connectivity index (χ0v) is 56.5. The molecular weight excluding hydrogens is 1210 g/mol. The summed E-state index contributed by atoms with van der Waals surface area (Å²) >= 11 is 0. The molecule has 0 radical (unpaired) electrons. The molecule has 13 nitrogen and oxygen atoms in total. The van der Waals surface area contributed by atoms with Crippen LogP contribution in [0.2, 0.25) is 0 Å². The molecule has 506 valence electrons. The molecule has 1 amide bonds. The SMILES string of the molecule is CCCCCCCCNC(=O)C=CC1=C(Cc2ccccc2)c2ccccc2CC1.CCNCC.Nc1ccc2c(c1)OCO2.Nc1ccccc1.O=C(O)C=CC1=Cc2ccccc2CC1.O=C(O)C=CC1=Cc2ccccc2CC1.O=C(O)C=CC1=Cc2ccccc2CC1. The smallest absolute Gasteiger partial charge is 0.328 e. The van der Waals surface area contributed by atoms with Crippen LogP contribution in [-0.2, 0) is 51.3 Å². The first-order valence-electron chi connectivity index (χ1n) is 33.8. The molecule has 9 N–H and O–H groups in total. The van der Waals surface area contributed by atoms with Crippen LogP contribution in [0, 0.1) is 0 Å². The summed E-state index contributed by atoms with van der Waals surface area (Å²) in [7, 11) is 0. The summed E-state index contributed by atoms with van der Waals surface area (Å²) in [5.41, 5.74) is 29.9. The quantitative estimate of drug-likeness (QED) is 0.0228. The highest BCUT2D eigenvalue weighted by Gasteiger charge is 2.18. The summed E-state index contributed by atoms with van der Waals surface area (Å²) in [6.45, 7) is 9.70. The molecular formula is C84H96N4O9. The monoisotopic (exact) mass is 1300 g/mol. The Labute approximate surface area is 574 Å². The number of nitrogens with one attached hydrogen (secondary N) is 2. The highest BCUT2D eigenvalue weighted by molar-refractivity contribution is 5.89. The number of aryl methyl sites for hydroxylation is 4. The molecule has 1 heterocycles. The van der Waals surface area contributed by atoms with E-state index in [0.29, 0.717) is 12.5 Å². The second kappa shape index (κ2) is 43.5. The van der Waals surface area contributed by atoms with Gasteiger partial charge in [0, 0.05) is 48.3 Å². The lowest BCUT2D eigenvalue weighted by Gasteiger charge is -2.22.